The molecule has 1 rings (SSSR count). The van der Waals surface area contributed by atoms with Crippen molar-refractivity contribution < 1.29 is 24.2 Å². The van der Waals surface area contributed by atoms with Gasteiger partial charge in [0.15, 0.2) is 0 Å². The van der Waals surface area contributed by atoms with Gasteiger partial charge >= 0.3 is 11.9 Å². The topological polar surface area (TPSA) is 92.7 Å². The van der Waals surface area contributed by atoms with Gasteiger partial charge < -0.3 is 15.2 Å². The van der Waals surface area contributed by atoms with Gasteiger partial charge in [-0.05, 0) is 40.8 Å². The van der Waals surface area contributed by atoms with E-state index in [1.54, 1.807) is 6.07 Å². The first kappa shape index (κ1) is 14.4. The van der Waals surface area contributed by atoms with Crippen LogP contribution in [-0.4, -0.2) is 30.1 Å². The summed E-state index contributed by atoms with van der Waals surface area (Å²) in [5, 5.41) is 10.9. The predicted octanol–water partition coefficient (Wildman–Crippen LogP) is 1.49. The molecule has 0 aliphatic carbocycles. The fourth-order valence-corrected chi connectivity index (χ4v) is 1.84. The van der Waals surface area contributed by atoms with Gasteiger partial charge in [0.1, 0.15) is 6.42 Å². The zero-order chi connectivity index (χ0) is 13.7. The number of halogens is 1. The highest BCUT2D eigenvalue weighted by molar-refractivity contribution is 14.1. The molecular formula is C11H10INO5. The Balaban J connectivity index is 2.83. The Morgan fingerprint density at radius 1 is 1.39 bits per heavy atom. The molecule has 0 bridgehead atoms. The standard InChI is InChI=1S/C11H10INO5/c1-18-11(17)6-2-3-8(7(12)4-6)13-9(14)5-10(15)16/h2-4H,5H2,1H3,(H,13,14)(H,15,16). The molecule has 1 aromatic rings. The van der Waals surface area contributed by atoms with E-state index in [1.807, 2.05) is 22.6 Å². The summed E-state index contributed by atoms with van der Waals surface area (Å²) in [5.41, 5.74) is 0.813. The van der Waals surface area contributed by atoms with E-state index in [-0.39, 0.29) is 0 Å². The normalized spacial score (nSPS) is 9.67. The van der Waals surface area contributed by atoms with E-state index in [0.29, 0.717) is 14.8 Å². The van der Waals surface area contributed by atoms with Crippen molar-refractivity contribution in [3.8, 4) is 0 Å². The first-order chi connectivity index (χ1) is 8.43. The Morgan fingerprint density at radius 2 is 2.06 bits per heavy atom. The molecule has 18 heavy (non-hydrogen) atoms. The highest BCUT2D eigenvalue weighted by Gasteiger charge is 2.12. The van der Waals surface area contributed by atoms with E-state index in [1.165, 1.54) is 19.2 Å². The van der Waals surface area contributed by atoms with E-state index in [9.17, 15) is 14.4 Å². The second kappa shape index (κ2) is 6.34. The summed E-state index contributed by atoms with van der Waals surface area (Å²) >= 11 is 1.93. The van der Waals surface area contributed by atoms with Gasteiger partial charge in [0.05, 0.1) is 18.4 Å². The molecule has 7 heteroatoms. The van der Waals surface area contributed by atoms with Crippen molar-refractivity contribution in [2.45, 2.75) is 6.42 Å². The van der Waals surface area contributed by atoms with Crippen LogP contribution >= 0.6 is 22.6 Å². The number of hydrogen-bond acceptors (Lipinski definition) is 4. The van der Waals surface area contributed by atoms with E-state index in [2.05, 4.69) is 10.1 Å². The van der Waals surface area contributed by atoms with Crippen LogP contribution in [0.25, 0.3) is 0 Å². The van der Waals surface area contributed by atoms with Crippen LogP contribution < -0.4 is 5.32 Å². The molecule has 0 heterocycles. The van der Waals surface area contributed by atoms with E-state index in [0.717, 1.165) is 0 Å². The van der Waals surface area contributed by atoms with Crippen molar-refractivity contribution >= 4 is 46.1 Å². The number of aliphatic carboxylic acids is 1. The number of hydrogen-bond donors (Lipinski definition) is 2. The Kier molecular flexibility index (Phi) is 5.08. The van der Waals surface area contributed by atoms with Crippen LogP contribution in [0, 0.1) is 3.57 Å². The fraction of sp³-hybridized carbons (Fsp3) is 0.182. The molecule has 0 unspecified atom stereocenters. The second-order valence-corrected chi connectivity index (χ2v) is 4.47. The maximum Gasteiger partial charge on any atom is 0.337 e. The van der Waals surface area contributed by atoms with Gasteiger partial charge in [-0.1, -0.05) is 0 Å². The number of carbonyl (C=O) groups is 3. The number of methoxy groups -OCH3 is 1. The SMILES string of the molecule is COC(=O)c1ccc(NC(=O)CC(=O)O)c(I)c1. The zero-order valence-corrected chi connectivity index (χ0v) is 11.6. The van der Waals surface area contributed by atoms with Gasteiger partial charge in [-0.3, -0.25) is 9.59 Å². The van der Waals surface area contributed by atoms with Gasteiger partial charge in [0.25, 0.3) is 0 Å². The molecule has 2 N–H and O–H groups in total. The molecular weight excluding hydrogens is 353 g/mol. The third-order valence-electron chi connectivity index (χ3n) is 1.98. The first-order valence-corrected chi connectivity index (χ1v) is 5.91. The molecule has 0 aliphatic rings. The molecule has 96 valence electrons. The van der Waals surface area contributed by atoms with Crippen LogP contribution in [0.1, 0.15) is 16.8 Å². The second-order valence-electron chi connectivity index (χ2n) is 3.30. The molecule has 0 radical (unpaired) electrons. The maximum absolute atomic E-state index is 11.3. The summed E-state index contributed by atoms with van der Waals surface area (Å²) in [6.45, 7) is 0. The van der Waals surface area contributed by atoms with E-state index < -0.39 is 24.3 Å². The average Bonchev–Trinajstić information content (AvgIpc) is 2.29. The number of rotatable bonds is 4. The largest absolute Gasteiger partial charge is 0.481 e. The van der Waals surface area contributed by atoms with Gasteiger partial charge in [0, 0.05) is 3.57 Å². The van der Waals surface area contributed by atoms with Crippen molar-refractivity contribution in [2.24, 2.45) is 0 Å². The number of carboxylic acids is 1. The molecule has 0 fully saturated rings. The lowest BCUT2D eigenvalue weighted by Gasteiger charge is -2.07. The summed E-state index contributed by atoms with van der Waals surface area (Å²) in [4.78, 5) is 32.9. The minimum absolute atomic E-state index is 0.359. The molecule has 0 aliphatic heterocycles. The molecule has 6 nitrogen and oxygen atoms in total. The Morgan fingerprint density at radius 3 is 2.56 bits per heavy atom. The fourth-order valence-electron chi connectivity index (χ4n) is 1.19. The highest BCUT2D eigenvalue weighted by atomic mass is 127. The Labute approximate surface area is 116 Å². The van der Waals surface area contributed by atoms with Crippen molar-refractivity contribution in [2.75, 3.05) is 12.4 Å². The minimum Gasteiger partial charge on any atom is -0.481 e. The van der Waals surface area contributed by atoms with Crippen molar-refractivity contribution in [1.29, 1.82) is 0 Å². The number of benzene rings is 1. The van der Waals surface area contributed by atoms with Gasteiger partial charge in [-0.15, -0.1) is 0 Å². The first-order valence-electron chi connectivity index (χ1n) is 4.83. The van der Waals surface area contributed by atoms with Crippen LogP contribution in [-0.2, 0) is 14.3 Å². The number of anilines is 1. The molecule has 0 saturated carbocycles. The molecule has 0 aromatic heterocycles. The van der Waals surface area contributed by atoms with Gasteiger partial charge in [-0.2, -0.15) is 0 Å². The summed E-state index contributed by atoms with van der Waals surface area (Å²) in [5.74, 6) is -2.30. The smallest absolute Gasteiger partial charge is 0.337 e. The van der Waals surface area contributed by atoms with E-state index >= 15 is 0 Å². The van der Waals surface area contributed by atoms with Gasteiger partial charge in [0.2, 0.25) is 5.91 Å². The lowest BCUT2D eigenvalue weighted by atomic mass is 10.2. The molecule has 0 saturated heterocycles. The number of nitrogens with one attached hydrogen (secondary N) is 1. The summed E-state index contributed by atoms with van der Waals surface area (Å²) in [6.07, 6.45) is -0.602. The summed E-state index contributed by atoms with van der Waals surface area (Å²) in [7, 11) is 1.28. The lowest BCUT2D eigenvalue weighted by molar-refractivity contribution is -0.139. The van der Waals surface area contributed by atoms with Crippen molar-refractivity contribution in [3.05, 3.63) is 27.3 Å². The minimum atomic E-state index is -1.20. The quantitative estimate of drug-likeness (QED) is 0.481. The van der Waals surface area contributed by atoms with Crippen molar-refractivity contribution in [3.63, 3.8) is 0 Å². The zero-order valence-electron chi connectivity index (χ0n) is 9.40. The third kappa shape index (κ3) is 3.99. The number of amides is 1. The summed E-state index contributed by atoms with van der Waals surface area (Å²) < 4.78 is 5.18. The monoisotopic (exact) mass is 363 g/mol. The Bertz CT molecular complexity index is 500. The number of carbonyl (C=O) groups excluding carboxylic acids is 2. The highest BCUT2D eigenvalue weighted by Crippen LogP contribution is 2.20. The maximum atomic E-state index is 11.3. The van der Waals surface area contributed by atoms with E-state index in [4.69, 9.17) is 5.11 Å². The Hall–Kier alpha value is -1.64. The molecule has 0 spiro atoms. The van der Waals surface area contributed by atoms with Crippen LogP contribution in [0.5, 0.6) is 0 Å². The van der Waals surface area contributed by atoms with Gasteiger partial charge in [-0.25, -0.2) is 4.79 Å². The molecule has 1 amide bonds. The predicted molar refractivity (Wildman–Crippen MR) is 71.4 cm³/mol. The van der Waals surface area contributed by atoms with Crippen LogP contribution in [0.4, 0.5) is 5.69 Å². The lowest BCUT2D eigenvalue weighted by Crippen LogP contribution is -2.16. The van der Waals surface area contributed by atoms with Crippen LogP contribution in [0.15, 0.2) is 18.2 Å². The number of esters is 1. The third-order valence-corrected chi connectivity index (χ3v) is 2.87. The molecule has 0 atom stereocenters. The molecule has 1 aromatic carbocycles. The number of carboxylic acid groups (broad SMARTS) is 1. The number of ether oxygens (including phenoxy) is 1. The average molecular weight is 363 g/mol. The summed E-state index contributed by atoms with van der Waals surface area (Å²) in [6, 6.07) is 4.56. The van der Waals surface area contributed by atoms with Crippen LogP contribution in [0.2, 0.25) is 0 Å². The van der Waals surface area contributed by atoms with Crippen LogP contribution in [0.3, 0.4) is 0 Å². The van der Waals surface area contributed by atoms with Crippen molar-refractivity contribution in [1.82, 2.24) is 0 Å².